The highest BCUT2D eigenvalue weighted by Gasteiger charge is 2.24. The summed E-state index contributed by atoms with van der Waals surface area (Å²) in [5, 5.41) is 0. The molecule has 0 saturated carbocycles. The van der Waals surface area contributed by atoms with E-state index in [0.717, 1.165) is 50.3 Å². The molecule has 0 unspecified atom stereocenters. The third kappa shape index (κ3) is 16.8. The minimum Gasteiger partial charge on any atom is -0.201 e. The average Bonchev–Trinajstić information content (AvgIpc) is 0.735. The van der Waals surface area contributed by atoms with Crippen LogP contribution in [0.15, 0.2) is 255 Å². The highest BCUT2D eigenvalue weighted by Crippen LogP contribution is 2.40. The van der Waals surface area contributed by atoms with Gasteiger partial charge in [0.15, 0.2) is 24.8 Å². The van der Waals surface area contributed by atoms with Crippen molar-refractivity contribution in [3.05, 3.63) is 355 Å². The molecule has 4 heteroatoms. The topological polar surface area (TPSA) is 15.5 Å². The molecule has 4 nitrogen and oxygen atoms in total. The minimum atomic E-state index is -2.75. The van der Waals surface area contributed by atoms with Gasteiger partial charge in [0.1, 0.15) is 28.2 Å². The van der Waals surface area contributed by atoms with Gasteiger partial charge < -0.3 is 0 Å². The first kappa shape index (κ1) is 43.9. The zero-order chi connectivity index (χ0) is 103. The molecule has 0 N–H and O–H groups in total. The first-order chi connectivity index (χ1) is 64.0. The van der Waals surface area contributed by atoms with E-state index in [9.17, 15) is 0 Å². The third-order valence-electron chi connectivity index (χ3n) is 19.1. The molecule has 0 fully saturated rings. The molecular weight excluding hydrogens is 1280 g/mol. The summed E-state index contributed by atoms with van der Waals surface area (Å²) in [6, 6.07) is 66.0. The fourth-order valence-electron chi connectivity index (χ4n) is 13.5. The number of rotatable bonds is 10. The first-order valence-electron chi connectivity index (χ1n) is 51.2. The zero-order valence-corrected chi connectivity index (χ0v) is 61.5. The maximum atomic E-state index is 8.29. The van der Waals surface area contributed by atoms with Crippen molar-refractivity contribution in [3.63, 3.8) is 0 Å². The number of benzene rings is 10. The van der Waals surface area contributed by atoms with E-state index in [1.165, 1.54) is 42.7 Å². The van der Waals surface area contributed by atoms with Gasteiger partial charge in [-0.05, 0) is 299 Å². The highest BCUT2D eigenvalue weighted by atomic mass is 14.9. The molecule has 14 rings (SSSR count). The molecule has 106 heavy (non-hydrogen) atoms. The van der Waals surface area contributed by atoms with Gasteiger partial charge in [0, 0.05) is 115 Å². The monoisotopic (exact) mass is 1420 g/mol. The molecule has 4 aromatic heterocycles. The van der Waals surface area contributed by atoms with Crippen LogP contribution in [0.4, 0.5) is 0 Å². The number of aryl methyl sites for hydroxylation is 22. The molecule has 14 aromatic rings. The number of hydrogen-bond acceptors (Lipinski definition) is 0. The fraction of sp³-hybridized carbons (Fsp3) is 0.216. The normalized spacial score (nSPS) is 16.8. The Morgan fingerprint density at radius 1 is 0.198 bits per heavy atom. The molecule has 4 heterocycles. The van der Waals surface area contributed by atoms with Crippen LogP contribution in [-0.2, 0) is 28.2 Å². The third-order valence-corrected chi connectivity index (χ3v) is 19.1. The van der Waals surface area contributed by atoms with Crippen molar-refractivity contribution in [1.29, 1.82) is 0 Å². The standard InChI is InChI=1S/C30H32N.C29H30N.C22H24N.C21H22N/c1-19-13-22(4)30(23(5)14-19)28-17-29(31(7)18-24(28)6)27-16-26(20(2)15-21(27)3)25-11-9-8-10-12-25;1-19-12-13-25(20(2)14-19)27-17-29(30(6)18-23(27)5)28-16-26(21(3)15-22(28)4)24-10-8-7-9-11-24;1-15-10-11-23(5)22(12-15)21-14-20(17(3)13-18(21)4)19-9-7-6-8-16(19)2;1-15-9-5-6-10-18(15)19-14-20(17(3)13-16(19)2)21-11-7-8-12-22(21)4/h8-18H,1-7H3;7-18H,1-6H3;6-14H,1-5H3;5-14H,1-4H3/q4*+1/i2D3,4D3,5D3,6D3;2D3,3D3,5D3;2D3,3D3;1D3,2D3. The zero-order valence-electron chi connectivity index (χ0n) is 94.5. The molecule has 532 valence electrons. The van der Waals surface area contributed by atoms with E-state index in [0.29, 0.717) is 89.3 Å². The molecule has 0 bridgehead atoms. The van der Waals surface area contributed by atoms with Gasteiger partial charge in [0.2, 0.25) is 22.8 Å². The number of nitrogens with zero attached hydrogens (tertiary/aromatic N) is 4. The van der Waals surface area contributed by atoms with Gasteiger partial charge in [-0.25, -0.2) is 18.3 Å². The predicted molar refractivity (Wildman–Crippen MR) is 450 cm³/mol. The second-order valence-corrected chi connectivity index (χ2v) is 27.0. The summed E-state index contributed by atoms with van der Waals surface area (Å²) >= 11 is 0. The fourth-order valence-corrected chi connectivity index (χ4v) is 13.5. The van der Waals surface area contributed by atoms with Crippen molar-refractivity contribution in [2.45, 2.75) is 124 Å². The molecule has 0 atom stereocenters. The SMILES string of the molecule is [2H]C([2H])([2H])c1cc(C)c(-c2cc(-c3c(C([2H])([2H])[2H])cc(C)cc3C([2H])([2H])[2H])c(C([2H])([2H])[2H])c[n+]2C)cc1-c1ccccc1.[2H]C([2H])([2H])c1cc(C)c(-c2cc(-c3ccc(C)cc3C([2H])([2H])[2H])c(C([2H])([2H])[2H])c[n+]2C)cc1-c1ccccc1.[2H]C([2H])([2H])c1ccccc1-c1cc(-c2cc(C)cc[n+]2C)c(C)cc1C([2H])([2H])[2H].[2H]C([2H])([2H])c1ccccc1-c1cc(-c2cccc[n+]2C)c(C)cc1C([2H])([2H])[2H]. The van der Waals surface area contributed by atoms with Crippen molar-refractivity contribution < 1.29 is 63.5 Å². The lowest BCUT2D eigenvalue weighted by atomic mass is 9.89. The van der Waals surface area contributed by atoms with E-state index < -0.39 is 75.4 Å². The molecule has 0 radical (unpaired) electrons. The summed E-state index contributed by atoms with van der Waals surface area (Å²) in [5.74, 6) is 0. The Balaban J connectivity index is 0.000000180. The van der Waals surface area contributed by atoms with Gasteiger partial charge in [-0.15, -0.1) is 0 Å². The summed E-state index contributed by atoms with van der Waals surface area (Å²) in [6.07, 6.45) is 6.75. The summed E-state index contributed by atoms with van der Waals surface area (Å²) in [7, 11) is 7.22. The quantitative estimate of drug-likeness (QED) is 0.121. The Morgan fingerprint density at radius 2 is 0.547 bits per heavy atom. The lowest BCUT2D eigenvalue weighted by molar-refractivity contribution is -0.660. The van der Waals surface area contributed by atoms with Crippen LogP contribution < -0.4 is 18.3 Å². The van der Waals surface area contributed by atoms with Crippen LogP contribution in [0, 0.1) is 124 Å². The van der Waals surface area contributed by atoms with E-state index >= 15 is 0 Å². The van der Waals surface area contributed by atoms with Gasteiger partial charge >= 0.3 is 0 Å². The van der Waals surface area contributed by atoms with Crippen molar-refractivity contribution in [2.24, 2.45) is 28.2 Å². The van der Waals surface area contributed by atoms with Crippen LogP contribution in [0.25, 0.3) is 112 Å². The van der Waals surface area contributed by atoms with Crippen LogP contribution in [0.3, 0.4) is 0 Å². The first-order valence-corrected chi connectivity index (χ1v) is 34.7. The van der Waals surface area contributed by atoms with Gasteiger partial charge in [0.25, 0.3) is 0 Å². The number of hydrogen-bond donors (Lipinski definition) is 0. The lowest BCUT2D eigenvalue weighted by Crippen LogP contribution is -2.31. The van der Waals surface area contributed by atoms with E-state index in [1.807, 2.05) is 142 Å². The van der Waals surface area contributed by atoms with E-state index in [-0.39, 0.29) is 72.3 Å². The highest BCUT2D eigenvalue weighted by molar-refractivity contribution is 5.83. The van der Waals surface area contributed by atoms with Crippen LogP contribution in [0.1, 0.15) is 145 Å². The molecule has 0 amide bonds. The molecule has 10 aromatic carbocycles. The maximum absolute atomic E-state index is 8.29. The maximum Gasteiger partial charge on any atom is 0.213 e. The van der Waals surface area contributed by atoms with E-state index in [2.05, 4.69) is 0 Å². The molecule has 0 spiro atoms. The smallest absolute Gasteiger partial charge is 0.201 e. The predicted octanol–water partition coefficient (Wildman–Crippen LogP) is 24.3. The second kappa shape index (κ2) is 32.9. The van der Waals surface area contributed by atoms with Gasteiger partial charge in [0.05, 0.1) is 0 Å². The summed E-state index contributed by atoms with van der Waals surface area (Å²) < 4.78 is 275. The number of pyridine rings is 4. The second-order valence-electron chi connectivity index (χ2n) is 27.0. The Hall–Kier alpha value is -11.2. The van der Waals surface area contributed by atoms with Gasteiger partial charge in [-0.2, -0.15) is 0 Å². The summed E-state index contributed by atoms with van der Waals surface area (Å²) in [5.41, 5.74) is 16.1. The van der Waals surface area contributed by atoms with Crippen LogP contribution in [0.2, 0.25) is 0 Å². The van der Waals surface area contributed by atoms with Gasteiger partial charge in [-0.3, -0.25) is 0 Å². The summed E-state index contributed by atoms with van der Waals surface area (Å²) in [4.78, 5) is 0. The molecule has 0 aliphatic heterocycles. The van der Waals surface area contributed by atoms with E-state index in [1.54, 1.807) is 165 Å². The minimum absolute atomic E-state index is 0.0307. The van der Waals surface area contributed by atoms with Crippen molar-refractivity contribution in [2.75, 3.05) is 0 Å². The van der Waals surface area contributed by atoms with Crippen molar-refractivity contribution in [3.8, 4) is 112 Å². The van der Waals surface area contributed by atoms with E-state index in [4.69, 9.17) is 45.2 Å². The summed E-state index contributed by atoms with van der Waals surface area (Å²) in [6.45, 7) is -14.7. The number of aromatic nitrogens is 4. The average molecular weight is 1420 g/mol. The molecule has 0 aliphatic rings. The Kier molecular flexibility index (Phi) is 13.6. The molecule has 0 saturated heterocycles. The van der Waals surface area contributed by atoms with Crippen molar-refractivity contribution >= 4 is 0 Å². The molecule has 0 aliphatic carbocycles. The molecular formula is C102H108N4+4. The Morgan fingerprint density at radius 3 is 1.02 bits per heavy atom. The van der Waals surface area contributed by atoms with Crippen LogP contribution in [0.5, 0.6) is 0 Å². The largest absolute Gasteiger partial charge is 0.213 e. The van der Waals surface area contributed by atoms with Crippen LogP contribution in [-0.4, -0.2) is 0 Å². The lowest BCUT2D eigenvalue weighted by Gasteiger charge is -2.16. The van der Waals surface area contributed by atoms with Crippen LogP contribution >= 0.6 is 0 Å². The van der Waals surface area contributed by atoms with Gasteiger partial charge in [-0.1, -0.05) is 175 Å². The van der Waals surface area contributed by atoms with Crippen molar-refractivity contribution in [1.82, 2.24) is 0 Å². The Bertz CT molecular complexity index is 6880. The Labute approximate surface area is 680 Å².